The van der Waals surface area contributed by atoms with Crippen molar-refractivity contribution in [2.75, 3.05) is 35.2 Å². The summed E-state index contributed by atoms with van der Waals surface area (Å²) in [5.74, 6) is -9.51. The number of nitrogens with zero attached hydrogens (tertiary/aromatic N) is 4. The van der Waals surface area contributed by atoms with Crippen molar-refractivity contribution in [1.82, 2.24) is 19.9 Å². The molecule has 0 bridgehead atoms. The number of carbonyl (C=O) groups excluding carboxylic acids is 2. The first kappa shape index (κ1) is 52.6. The van der Waals surface area contributed by atoms with E-state index in [-0.39, 0.29) is 47.0 Å². The molecule has 3 aromatic carbocycles. The Labute approximate surface area is 397 Å². The molecular formula is C45H36F8N6O10S2. The normalized spacial score (nSPS) is 11.9. The topological polar surface area (TPSA) is 226 Å². The molecule has 16 nitrogen and oxygen atoms in total. The summed E-state index contributed by atoms with van der Waals surface area (Å²) in [4.78, 5) is 40.5. The zero-order valence-electron chi connectivity index (χ0n) is 36.6. The van der Waals surface area contributed by atoms with Gasteiger partial charge in [0.15, 0.2) is 34.4 Å². The number of alkyl halides is 6. The molecule has 0 aliphatic heterocycles. The first-order chi connectivity index (χ1) is 33.3. The highest BCUT2D eigenvalue weighted by Crippen LogP contribution is 2.36. The van der Waals surface area contributed by atoms with Crippen LogP contribution in [0.25, 0.3) is 21.8 Å². The fourth-order valence-electron chi connectivity index (χ4n) is 6.58. The van der Waals surface area contributed by atoms with Crippen LogP contribution < -0.4 is 14.2 Å². The molecule has 0 saturated carbocycles. The summed E-state index contributed by atoms with van der Waals surface area (Å²) < 4.78 is 170. The lowest BCUT2D eigenvalue weighted by Gasteiger charge is -2.17. The highest BCUT2D eigenvalue weighted by atomic mass is 32.2. The van der Waals surface area contributed by atoms with E-state index in [0.717, 1.165) is 19.8 Å². The van der Waals surface area contributed by atoms with Crippen LogP contribution >= 0.6 is 0 Å². The Kier molecular flexibility index (Phi) is 15.9. The second kappa shape index (κ2) is 21.5. The van der Waals surface area contributed by atoms with Gasteiger partial charge in [0.25, 0.3) is 0 Å². The van der Waals surface area contributed by atoms with Crippen molar-refractivity contribution >= 4 is 65.4 Å². The summed E-state index contributed by atoms with van der Waals surface area (Å²) in [6.45, 7) is -0.0280. The van der Waals surface area contributed by atoms with E-state index >= 15 is 0 Å². The Balaban J connectivity index is 0.000000237. The lowest BCUT2D eigenvalue weighted by Crippen LogP contribution is -2.28. The van der Waals surface area contributed by atoms with Crippen LogP contribution in [0, 0.1) is 11.6 Å². The monoisotopic (exact) mass is 1040 g/mol. The van der Waals surface area contributed by atoms with Crippen molar-refractivity contribution in [2.45, 2.75) is 31.8 Å². The van der Waals surface area contributed by atoms with E-state index in [1.165, 1.54) is 60.9 Å². The zero-order chi connectivity index (χ0) is 51.9. The zero-order valence-corrected chi connectivity index (χ0v) is 38.2. The number of aromatic hydroxyl groups is 1. The summed E-state index contributed by atoms with van der Waals surface area (Å²) in [7, 11) is -7.91. The largest absolute Gasteiger partial charge is 0.504 e. The van der Waals surface area contributed by atoms with E-state index in [2.05, 4.69) is 24.7 Å². The van der Waals surface area contributed by atoms with Gasteiger partial charge in [0, 0.05) is 23.2 Å². The molecule has 0 atom stereocenters. The number of benzene rings is 3. The number of aromatic nitrogens is 4. The first-order valence-corrected chi connectivity index (χ1v) is 23.4. The third-order valence-electron chi connectivity index (χ3n) is 9.56. The van der Waals surface area contributed by atoms with Gasteiger partial charge in [-0.1, -0.05) is 54.6 Å². The molecule has 0 aliphatic carbocycles. The summed E-state index contributed by atoms with van der Waals surface area (Å²) in [6.07, 6.45) is -6.89. The number of methoxy groups -OCH3 is 2. The van der Waals surface area contributed by atoms with Gasteiger partial charge in [-0.25, -0.2) is 45.2 Å². The maximum Gasteiger partial charge on any atom is 0.404 e. The van der Waals surface area contributed by atoms with Gasteiger partial charge in [-0.15, -0.1) is 0 Å². The van der Waals surface area contributed by atoms with Crippen LogP contribution in [0.5, 0.6) is 11.5 Å². The van der Waals surface area contributed by atoms with E-state index in [0.29, 0.717) is 22.3 Å². The minimum absolute atomic E-state index is 0.0175. The van der Waals surface area contributed by atoms with Crippen molar-refractivity contribution in [2.24, 2.45) is 0 Å². The fourth-order valence-corrected chi connectivity index (χ4v) is 8.49. The van der Waals surface area contributed by atoms with Crippen molar-refractivity contribution in [1.29, 1.82) is 0 Å². The SMILES string of the molecule is COC(=O)c1nc(NS(=O)(=O)CC(F)(F)F)c2cc(Cc3ccc(F)cc3)cnc2c1O.COC(=O)c1nc(NS(=O)(=O)CC(F)(F)F)c2cc(Cc3ccc(F)cc3)cnc2c1OCc1ccccc1. The Morgan fingerprint density at radius 1 is 0.592 bits per heavy atom. The number of esters is 2. The molecule has 0 aliphatic rings. The summed E-state index contributed by atoms with van der Waals surface area (Å²) in [6, 6.07) is 22.8. The average molecular weight is 1040 g/mol. The third kappa shape index (κ3) is 14.4. The molecule has 7 aromatic rings. The van der Waals surface area contributed by atoms with Crippen LogP contribution in [0.2, 0.25) is 0 Å². The number of pyridine rings is 4. The van der Waals surface area contributed by atoms with E-state index in [1.807, 2.05) is 4.72 Å². The molecule has 0 spiro atoms. The summed E-state index contributed by atoms with van der Waals surface area (Å²) in [5.41, 5.74) is 1.50. The predicted molar refractivity (Wildman–Crippen MR) is 240 cm³/mol. The van der Waals surface area contributed by atoms with Crippen LogP contribution in [0.1, 0.15) is 48.8 Å². The number of fused-ring (bicyclic) bond motifs is 2. The highest BCUT2D eigenvalue weighted by molar-refractivity contribution is 7.93. The second-order valence-electron chi connectivity index (χ2n) is 15.1. The van der Waals surface area contributed by atoms with Crippen molar-refractivity contribution in [3.8, 4) is 11.5 Å². The number of ether oxygens (including phenoxy) is 3. The molecule has 0 fully saturated rings. The van der Waals surface area contributed by atoms with Crippen LogP contribution in [-0.2, 0) is 49.0 Å². The van der Waals surface area contributed by atoms with Gasteiger partial charge in [0.1, 0.15) is 40.9 Å². The number of hydrogen-bond acceptors (Lipinski definition) is 14. The summed E-state index contributed by atoms with van der Waals surface area (Å²) in [5, 5.41) is 10.2. The maximum atomic E-state index is 13.3. The molecule has 3 N–H and O–H groups in total. The number of nitrogens with one attached hydrogen (secondary N) is 2. The number of hydrogen-bond donors (Lipinski definition) is 3. The standard InChI is InChI=1S/C26H21F4N3O5S.C19H15F4N3O5S/c1-37-25(34)22-23(38-14-17-5-3-2-4-6-17)21-20(24(32-22)33-39(35,36)15-26(28,29)30)12-18(13-31-21)11-16-7-9-19(27)10-8-16;1-31-18(28)15-16(27)14-13(17(25-15)26-32(29,30)9-19(21,22)23)7-11(8-24-14)6-10-2-4-12(20)5-3-10/h2-10,12-13H,11,14-15H2,1H3,(H,32,33);2-5,7-8,27H,6,9H2,1H3,(H,25,26). The van der Waals surface area contributed by atoms with Gasteiger partial charge in [0.2, 0.25) is 20.0 Å². The number of sulfonamides is 2. The van der Waals surface area contributed by atoms with Gasteiger partial charge in [0.05, 0.1) is 14.2 Å². The van der Waals surface area contributed by atoms with E-state index < -0.39 is 96.3 Å². The maximum absolute atomic E-state index is 13.3. The Hall–Kier alpha value is -7.74. The Morgan fingerprint density at radius 2 is 1.01 bits per heavy atom. The lowest BCUT2D eigenvalue weighted by atomic mass is 10.0. The van der Waals surface area contributed by atoms with Gasteiger partial charge in [-0.2, -0.15) is 26.3 Å². The Morgan fingerprint density at radius 3 is 1.46 bits per heavy atom. The van der Waals surface area contributed by atoms with Gasteiger partial charge < -0.3 is 19.3 Å². The van der Waals surface area contributed by atoms with Gasteiger partial charge in [-0.3, -0.25) is 19.4 Å². The number of carbonyl (C=O) groups is 2. The van der Waals surface area contributed by atoms with Gasteiger partial charge >= 0.3 is 24.3 Å². The van der Waals surface area contributed by atoms with Crippen LogP contribution in [0.15, 0.2) is 103 Å². The third-order valence-corrected chi connectivity index (χ3v) is 12.0. The number of anilines is 2. The molecule has 7 rings (SSSR count). The molecule has 0 saturated heterocycles. The smallest absolute Gasteiger partial charge is 0.404 e. The average Bonchev–Trinajstić information content (AvgIpc) is 3.29. The molecule has 0 unspecified atom stereocenters. The van der Waals surface area contributed by atoms with E-state index in [9.17, 15) is 66.7 Å². The molecule has 374 valence electrons. The summed E-state index contributed by atoms with van der Waals surface area (Å²) >= 11 is 0. The van der Waals surface area contributed by atoms with Crippen molar-refractivity contribution < 1.29 is 80.9 Å². The molecule has 0 amide bonds. The highest BCUT2D eigenvalue weighted by Gasteiger charge is 2.37. The minimum atomic E-state index is -5.03. The molecule has 0 radical (unpaired) electrons. The fraction of sp³-hybridized carbons (Fsp3) is 0.200. The van der Waals surface area contributed by atoms with E-state index in [4.69, 9.17) is 9.47 Å². The number of halogens is 8. The van der Waals surface area contributed by atoms with Crippen LogP contribution in [0.3, 0.4) is 0 Å². The quantitative estimate of drug-likeness (QED) is 0.0650. The minimum Gasteiger partial charge on any atom is -0.504 e. The van der Waals surface area contributed by atoms with Gasteiger partial charge in [-0.05, 0) is 77.1 Å². The van der Waals surface area contributed by atoms with Crippen molar-refractivity contribution in [3.05, 3.63) is 154 Å². The first-order valence-electron chi connectivity index (χ1n) is 20.1. The molecule has 26 heteroatoms. The predicted octanol–water partition coefficient (Wildman–Crippen LogP) is 8.19. The molecule has 4 aromatic heterocycles. The lowest BCUT2D eigenvalue weighted by molar-refractivity contribution is -0.107. The van der Waals surface area contributed by atoms with Crippen LogP contribution in [0.4, 0.5) is 46.8 Å². The van der Waals surface area contributed by atoms with Crippen molar-refractivity contribution in [3.63, 3.8) is 0 Å². The number of rotatable bonds is 15. The van der Waals surface area contributed by atoms with E-state index in [1.54, 1.807) is 47.2 Å². The molecule has 71 heavy (non-hydrogen) atoms. The molecule has 4 heterocycles. The molecular weight excluding hydrogens is 1000 g/mol. The Bertz CT molecular complexity index is 3320. The van der Waals surface area contributed by atoms with Crippen LogP contribution in [-0.4, -0.2) is 91.9 Å². The second-order valence-corrected chi connectivity index (χ2v) is 18.5.